The molecule has 0 heteroatoms. The number of benzene rings is 1. The number of hydrogen-bond donors (Lipinski definition) is 0. The van der Waals surface area contributed by atoms with E-state index >= 15 is 0 Å². The molecule has 1 rings (SSSR count). The highest BCUT2D eigenvalue weighted by molar-refractivity contribution is 5.25. The van der Waals surface area contributed by atoms with Gasteiger partial charge in [0.1, 0.15) is 0 Å². The van der Waals surface area contributed by atoms with Crippen LogP contribution in [-0.2, 0) is 12.8 Å². The molecule has 0 N–H and O–H groups in total. The Balaban J connectivity index is 2.54. The quantitative estimate of drug-likeness (QED) is 0.597. The third-order valence-corrected chi connectivity index (χ3v) is 2.45. The van der Waals surface area contributed by atoms with Crippen LogP contribution in [0.5, 0.6) is 0 Å². The van der Waals surface area contributed by atoms with Gasteiger partial charge in [0.15, 0.2) is 0 Å². The van der Waals surface area contributed by atoms with E-state index < -0.39 is 0 Å². The summed E-state index contributed by atoms with van der Waals surface area (Å²) in [6.45, 7) is 4.46. The minimum absolute atomic E-state index is 1.14. The highest BCUT2D eigenvalue weighted by Crippen LogP contribution is 2.12. The van der Waals surface area contributed by atoms with Gasteiger partial charge in [0, 0.05) is 0 Å². The summed E-state index contributed by atoms with van der Waals surface area (Å²) in [6.07, 6.45) is 6.29. The molecule has 0 aliphatic rings. The summed E-state index contributed by atoms with van der Waals surface area (Å²) < 4.78 is 0. The van der Waals surface area contributed by atoms with Crippen molar-refractivity contribution in [3.05, 3.63) is 35.4 Å². The van der Waals surface area contributed by atoms with Crippen molar-refractivity contribution < 1.29 is 0 Å². The monoisotopic (exact) mass is 175 g/mol. The molecule has 0 saturated heterocycles. The van der Waals surface area contributed by atoms with E-state index in [4.69, 9.17) is 0 Å². The lowest BCUT2D eigenvalue weighted by molar-refractivity contribution is 0.713. The molecule has 0 amide bonds. The number of hydrogen-bond acceptors (Lipinski definition) is 0. The first-order valence-electron chi connectivity index (χ1n) is 5.37. The fraction of sp³-hybridized carbons (Fsp3) is 0.538. The molecule has 0 atom stereocenters. The lowest BCUT2D eigenvalue weighted by Gasteiger charge is -2.05. The molecule has 0 unspecified atom stereocenters. The zero-order valence-electron chi connectivity index (χ0n) is 8.77. The van der Waals surface area contributed by atoms with E-state index in [-0.39, 0.29) is 0 Å². The first kappa shape index (κ1) is 10.3. The molecule has 0 heterocycles. The Labute approximate surface area is 82.0 Å². The highest BCUT2D eigenvalue weighted by atomic mass is 14.0. The minimum atomic E-state index is 1.14. The van der Waals surface area contributed by atoms with Crippen LogP contribution in [0, 0.1) is 6.07 Å². The molecule has 0 saturated carbocycles. The van der Waals surface area contributed by atoms with Gasteiger partial charge < -0.3 is 0 Å². The second kappa shape index (κ2) is 5.80. The topological polar surface area (TPSA) is 0 Å². The zero-order chi connectivity index (χ0) is 9.52. The van der Waals surface area contributed by atoms with Crippen LogP contribution in [-0.4, -0.2) is 0 Å². The van der Waals surface area contributed by atoms with E-state index in [1.807, 2.05) is 6.07 Å². The van der Waals surface area contributed by atoms with Gasteiger partial charge in [-0.15, -0.1) is 0 Å². The van der Waals surface area contributed by atoms with Gasteiger partial charge in [0.2, 0.25) is 0 Å². The lowest BCUT2D eigenvalue weighted by atomic mass is 10.00. The third-order valence-electron chi connectivity index (χ3n) is 2.45. The molecule has 0 aliphatic carbocycles. The first-order valence-corrected chi connectivity index (χ1v) is 5.37. The highest BCUT2D eigenvalue weighted by Gasteiger charge is 1.98. The molecular formula is C13H19. The van der Waals surface area contributed by atoms with Gasteiger partial charge >= 0.3 is 0 Å². The van der Waals surface area contributed by atoms with Crippen LogP contribution in [0.15, 0.2) is 18.2 Å². The van der Waals surface area contributed by atoms with Crippen molar-refractivity contribution in [1.82, 2.24) is 0 Å². The molecule has 0 fully saturated rings. The average Bonchev–Trinajstić information content (AvgIpc) is 2.19. The Hall–Kier alpha value is -0.780. The second-order valence-corrected chi connectivity index (χ2v) is 3.48. The Morgan fingerprint density at radius 2 is 2.08 bits per heavy atom. The summed E-state index contributed by atoms with van der Waals surface area (Å²) >= 11 is 0. The van der Waals surface area contributed by atoms with Crippen molar-refractivity contribution in [2.45, 2.75) is 46.0 Å². The molecule has 1 radical (unpaired) electrons. The normalized spacial score (nSPS) is 10.3. The Morgan fingerprint density at radius 3 is 2.77 bits per heavy atom. The van der Waals surface area contributed by atoms with E-state index in [9.17, 15) is 0 Å². The van der Waals surface area contributed by atoms with Crippen LogP contribution in [0.4, 0.5) is 0 Å². The van der Waals surface area contributed by atoms with Crippen LogP contribution < -0.4 is 0 Å². The Kier molecular flexibility index (Phi) is 4.59. The van der Waals surface area contributed by atoms with Gasteiger partial charge in [0.05, 0.1) is 0 Å². The van der Waals surface area contributed by atoms with Gasteiger partial charge in [-0.05, 0) is 36.5 Å². The second-order valence-electron chi connectivity index (χ2n) is 3.48. The molecule has 0 nitrogen and oxygen atoms in total. The first-order chi connectivity index (χ1) is 6.38. The van der Waals surface area contributed by atoms with Crippen molar-refractivity contribution in [2.24, 2.45) is 0 Å². The maximum Gasteiger partial charge on any atom is -0.0146 e. The maximum atomic E-state index is 3.35. The predicted molar refractivity (Wildman–Crippen MR) is 57.9 cm³/mol. The largest absolute Gasteiger partial charge is 0.0654 e. The zero-order valence-corrected chi connectivity index (χ0v) is 8.77. The van der Waals surface area contributed by atoms with Gasteiger partial charge in [0.25, 0.3) is 0 Å². The van der Waals surface area contributed by atoms with Crippen molar-refractivity contribution >= 4 is 0 Å². The van der Waals surface area contributed by atoms with Crippen molar-refractivity contribution in [2.75, 3.05) is 0 Å². The summed E-state index contributed by atoms with van der Waals surface area (Å²) in [4.78, 5) is 0. The molecule has 0 aromatic heterocycles. The van der Waals surface area contributed by atoms with E-state index in [1.165, 1.54) is 36.8 Å². The number of aryl methyl sites for hydroxylation is 2. The molecule has 0 aliphatic heterocycles. The Bertz CT molecular complexity index is 238. The van der Waals surface area contributed by atoms with Crippen molar-refractivity contribution in [3.8, 4) is 0 Å². The molecule has 71 valence electrons. The fourth-order valence-electron chi connectivity index (χ4n) is 1.62. The molecule has 1 aromatic rings. The van der Waals surface area contributed by atoms with Crippen molar-refractivity contribution in [3.63, 3.8) is 0 Å². The molecular weight excluding hydrogens is 156 g/mol. The third kappa shape index (κ3) is 3.22. The lowest BCUT2D eigenvalue weighted by Crippen LogP contribution is -1.92. The summed E-state index contributed by atoms with van der Waals surface area (Å²) in [6, 6.07) is 9.68. The average molecular weight is 175 g/mol. The molecule has 0 spiro atoms. The minimum Gasteiger partial charge on any atom is -0.0654 e. The van der Waals surface area contributed by atoms with Crippen LogP contribution in [0.3, 0.4) is 0 Å². The van der Waals surface area contributed by atoms with Gasteiger partial charge in [-0.1, -0.05) is 44.9 Å². The van der Waals surface area contributed by atoms with Gasteiger partial charge in [-0.2, -0.15) is 0 Å². The standard InChI is InChI=1S/C13H19/c1-3-5-6-10-13-11-8-7-9-12(13)4-2/h7-9H,3-6,10H2,1-2H3. The Morgan fingerprint density at radius 1 is 1.23 bits per heavy atom. The smallest absolute Gasteiger partial charge is 0.0146 e. The van der Waals surface area contributed by atoms with Crippen molar-refractivity contribution in [1.29, 1.82) is 0 Å². The van der Waals surface area contributed by atoms with E-state index in [2.05, 4.69) is 32.0 Å². The number of unbranched alkanes of at least 4 members (excludes halogenated alkanes) is 2. The fourth-order valence-corrected chi connectivity index (χ4v) is 1.62. The summed E-state index contributed by atoms with van der Waals surface area (Å²) in [5.41, 5.74) is 2.90. The van der Waals surface area contributed by atoms with Gasteiger partial charge in [-0.25, -0.2) is 0 Å². The predicted octanol–water partition coefficient (Wildman–Crippen LogP) is 3.78. The van der Waals surface area contributed by atoms with Gasteiger partial charge in [-0.3, -0.25) is 0 Å². The summed E-state index contributed by atoms with van der Waals surface area (Å²) in [7, 11) is 0. The molecule has 13 heavy (non-hydrogen) atoms. The van der Waals surface area contributed by atoms with E-state index in [0.29, 0.717) is 0 Å². The SMILES string of the molecule is CCCCCc1[c]cccc1CC. The summed E-state index contributed by atoms with van der Waals surface area (Å²) in [5.74, 6) is 0. The molecule has 0 bridgehead atoms. The maximum absolute atomic E-state index is 3.35. The summed E-state index contributed by atoms with van der Waals surface area (Å²) in [5, 5.41) is 0. The van der Waals surface area contributed by atoms with E-state index in [1.54, 1.807) is 0 Å². The van der Waals surface area contributed by atoms with E-state index in [0.717, 1.165) is 6.42 Å². The van der Waals surface area contributed by atoms with Crippen LogP contribution in [0.2, 0.25) is 0 Å². The molecule has 1 aromatic carbocycles. The van der Waals surface area contributed by atoms with Crippen LogP contribution >= 0.6 is 0 Å². The van der Waals surface area contributed by atoms with Crippen LogP contribution in [0.25, 0.3) is 0 Å². The van der Waals surface area contributed by atoms with Crippen LogP contribution in [0.1, 0.15) is 44.2 Å². The number of rotatable bonds is 5.